The Hall–Kier alpha value is -2.75. The highest BCUT2D eigenvalue weighted by atomic mass is 32.3. The molecule has 34 heavy (non-hydrogen) atoms. The largest absolute Gasteiger partial charge is 0.467 e. The fraction of sp³-hybridized carbons (Fsp3) is 0.684. The first-order valence-electron chi connectivity index (χ1n) is 10.8. The molecule has 0 radical (unpaired) electrons. The fourth-order valence-electron chi connectivity index (χ4n) is 3.81. The monoisotopic (exact) mass is 505 g/mol. The lowest BCUT2D eigenvalue weighted by atomic mass is 9.98. The average Bonchev–Trinajstić information content (AvgIpc) is 3.30. The van der Waals surface area contributed by atoms with Crippen LogP contribution in [0.4, 0.5) is 4.79 Å². The molecule has 1 fully saturated rings. The number of methoxy groups -OCH3 is 1. The number of ether oxygens (including phenoxy) is 2. The van der Waals surface area contributed by atoms with Gasteiger partial charge in [-0.15, -0.1) is 4.28 Å². The van der Waals surface area contributed by atoms with Crippen LogP contribution in [-0.2, 0) is 40.3 Å². The number of urea groups is 1. The van der Waals surface area contributed by atoms with Gasteiger partial charge in [0.05, 0.1) is 32.2 Å². The number of hydroxylamine groups is 2. The van der Waals surface area contributed by atoms with Gasteiger partial charge in [0.2, 0.25) is 0 Å². The smallest absolute Gasteiger partial charge is 0.418 e. The summed E-state index contributed by atoms with van der Waals surface area (Å²) in [5.74, 6) is -1.43. The van der Waals surface area contributed by atoms with E-state index in [0.29, 0.717) is 5.06 Å². The molecule has 2 aliphatic heterocycles. The first-order chi connectivity index (χ1) is 16.0. The van der Waals surface area contributed by atoms with Crippen molar-refractivity contribution in [2.75, 3.05) is 39.9 Å². The molecule has 2 unspecified atom stereocenters. The number of nitrogens with zero attached hydrogens (tertiary/aromatic N) is 5. The molecule has 14 nitrogen and oxygen atoms in total. The van der Waals surface area contributed by atoms with Crippen LogP contribution in [0.25, 0.3) is 0 Å². The summed E-state index contributed by atoms with van der Waals surface area (Å²) in [4.78, 5) is 40.0. The summed E-state index contributed by atoms with van der Waals surface area (Å²) in [6, 6.07) is -3.21. The predicted octanol–water partition coefficient (Wildman–Crippen LogP) is 0.535. The standard InChI is InChI=1S/C13H16N4O9S.C6H15N/c1-3-25-9(18)6-16-10-7(4-14-16)8-5-15(11(10)12(19)24-2)13(20)17(8)26-27(21,22)23;1-4-7(5-2)6-3/h4,8,11H,3,5-6H2,1-2H3,(H,21,22,23);4-6H2,1-3H3. The molecule has 2 bridgehead atoms. The number of hydrogen-bond acceptors (Lipinski definition) is 10. The minimum Gasteiger partial charge on any atom is -0.467 e. The summed E-state index contributed by atoms with van der Waals surface area (Å²) in [5.41, 5.74) is 0.446. The van der Waals surface area contributed by atoms with Crippen molar-refractivity contribution in [1.29, 1.82) is 0 Å². The lowest BCUT2D eigenvalue weighted by molar-refractivity contribution is -0.147. The Morgan fingerprint density at radius 3 is 2.29 bits per heavy atom. The number of carbonyl (C=O) groups is 3. The number of carbonyl (C=O) groups excluding carboxylic acids is 3. The molecule has 1 saturated heterocycles. The van der Waals surface area contributed by atoms with Gasteiger partial charge in [-0.25, -0.2) is 9.59 Å². The SMILES string of the molecule is CCN(CC)CC.CCOC(=O)Cn1ncc2c1C(C(=O)OC)N1CC2N(OS(=O)(=O)O)C1=O. The van der Waals surface area contributed by atoms with Crippen molar-refractivity contribution in [2.24, 2.45) is 0 Å². The molecule has 0 saturated carbocycles. The number of amides is 2. The van der Waals surface area contributed by atoms with Gasteiger partial charge in [-0.2, -0.15) is 18.6 Å². The molecule has 1 aromatic rings. The van der Waals surface area contributed by atoms with E-state index in [0.717, 1.165) is 12.0 Å². The van der Waals surface area contributed by atoms with Gasteiger partial charge in [0, 0.05) is 5.56 Å². The zero-order valence-electron chi connectivity index (χ0n) is 19.8. The Labute approximate surface area is 198 Å². The highest BCUT2D eigenvalue weighted by Gasteiger charge is 2.54. The third-order valence-corrected chi connectivity index (χ3v) is 5.80. The number of esters is 2. The molecule has 0 spiro atoms. The van der Waals surface area contributed by atoms with Crippen molar-refractivity contribution in [3.05, 3.63) is 17.5 Å². The highest BCUT2D eigenvalue weighted by molar-refractivity contribution is 7.80. The average molecular weight is 506 g/mol. The highest BCUT2D eigenvalue weighted by Crippen LogP contribution is 2.44. The van der Waals surface area contributed by atoms with Gasteiger partial charge >= 0.3 is 28.4 Å². The summed E-state index contributed by atoms with van der Waals surface area (Å²) in [7, 11) is -3.87. The second-order valence-electron chi connectivity index (χ2n) is 7.27. The molecule has 0 aromatic carbocycles. The van der Waals surface area contributed by atoms with Crippen molar-refractivity contribution >= 4 is 28.4 Å². The Balaban J connectivity index is 0.000000509. The van der Waals surface area contributed by atoms with E-state index < -0.39 is 40.5 Å². The minimum absolute atomic E-state index is 0.105. The Bertz CT molecular complexity index is 987. The second-order valence-corrected chi connectivity index (χ2v) is 8.28. The van der Waals surface area contributed by atoms with Crippen LogP contribution in [-0.4, -0.2) is 95.5 Å². The van der Waals surface area contributed by atoms with Crippen LogP contribution >= 0.6 is 0 Å². The Morgan fingerprint density at radius 2 is 1.82 bits per heavy atom. The number of aromatic nitrogens is 2. The van der Waals surface area contributed by atoms with Crippen LogP contribution in [0.3, 0.4) is 0 Å². The number of fused-ring (bicyclic) bond motifs is 4. The predicted molar refractivity (Wildman–Crippen MR) is 116 cm³/mol. The first-order valence-corrected chi connectivity index (χ1v) is 12.2. The summed E-state index contributed by atoms with van der Waals surface area (Å²) >= 11 is 0. The maximum absolute atomic E-state index is 12.5. The fourth-order valence-corrected chi connectivity index (χ4v) is 4.18. The normalized spacial score (nSPS) is 19.0. The van der Waals surface area contributed by atoms with Crippen LogP contribution in [0.2, 0.25) is 0 Å². The first kappa shape index (κ1) is 27.5. The van der Waals surface area contributed by atoms with E-state index in [1.165, 1.54) is 30.5 Å². The molecular weight excluding hydrogens is 474 g/mol. The Kier molecular flexibility index (Phi) is 9.37. The zero-order chi connectivity index (χ0) is 25.6. The van der Waals surface area contributed by atoms with E-state index in [1.807, 2.05) is 0 Å². The van der Waals surface area contributed by atoms with E-state index in [4.69, 9.17) is 14.0 Å². The van der Waals surface area contributed by atoms with Gasteiger partial charge in [-0.1, -0.05) is 20.8 Å². The van der Waals surface area contributed by atoms with Gasteiger partial charge in [0.1, 0.15) is 12.6 Å². The van der Waals surface area contributed by atoms with Gasteiger partial charge < -0.3 is 19.3 Å². The summed E-state index contributed by atoms with van der Waals surface area (Å²) in [6.07, 6.45) is 1.28. The quantitative estimate of drug-likeness (QED) is 0.368. The van der Waals surface area contributed by atoms with E-state index >= 15 is 0 Å². The van der Waals surface area contributed by atoms with E-state index in [2.05, 4.69) is 35.1 Å². The van der Waals surface area contributed by atoms with E-state index in [1.54, 1.807) is 6.92 Å². The summed E-state index contributed by atoms with van der Waals surface area (Å²) in [5, 5.41) is 4.48. The molecule has 2 amide bonds. The van der Waals surface area contributed by atoms with Gasteiger partial charge in [-0.3, -0.25) is 14.0 Å². The molecule has 1 N–H and O–H groups in total. The molecule has 3 heterocycles. The topological polar surface area (TPSA) is 161 Å². The maximum Gasteiger partial charge on any atom is 0.418 e. The van der Waals surface area contributed by atoms with Gasteiger partial charge in [-0.05, 0) is 26.6 Å². The molecule has 192 valence electrons. The van der Waals surface area contributed by atoms with Crippen LogP contribution in [0.1, 0.15) is 51.0 Å². The molecule has 1 aromatic heterocycles. The lowest BCUT2D eigenvalue weighted by Gasteiger charge is -2.29. The van der Waals surface area contributed by atoms with Crippen molar-refractivity contribution in [2.45, 2.75) is 46.3 Å². The summed E-state index contributed by atoms with van der Waals surface area (Å²) < 4.78 is 46.2. The van der Waals surface area contributed by atoms with E-state index in [9.17, 15) is 22.8 Å². The molecule has 0 aliphatic carbocycles. The molecule has 2 atom stereocenters. The summed E-state index contributed by atoms with van der Waals surface area (Å²) in [6.45, 7) is 11.5. The molecule has 3 rings (SSSR count). The van der Waals surface area contributed by atoms with Crippen molar-refractivity contribution in [3.63, 3.8) is 0 Å². The molecule has 15 heteroatoms. The third kappa shape index (κ3) is 6.02. The maximum atomic E-state index is 12.5. The zero-order valence-corrected chi connectivity index (χ0v) is 20.6. The number of rotatable bonds is 9. The van der Waals surface area contributed by atoms with Crippen molar-refractivity contribution < 1.29 is 41.1 Å². The third-order valence-electron chi connectivity index (χ3n) is 5.45. The lowest BCUT2D eigenvalue weighted by Crippen LogP contribution is -2.40. The second kappa shape index (κ2) is 11.6. The minimum atomic E-state index is -4.98. The molecule has 2 aliphatic rings. The van der Waals surface area contributed by atoms with Crippen molar-refractivity contribution in [3.8, 4) is 0 Å². The molecular formula is C19H31N5O9S. The van der Waals surface area contributed by atoms with Gasteiger partial charge in [0.15, 0.2) is 6.04 Å². The Morgan fingerprint density at radius 1 is 1.21 bits per heavy atom. The van der Waals surface area contributed by atoms with Crippen LogP contribution in [0.15, 0.2) is 6.20 Å². The van der Waals surface area contributed by atoms with Gasteiger partial charge in [0.25, 0.3) is 0 Å². The van der Waals surface area contributed by atoms with Crippen molar-refractivity contribution in [1.82, 2.24) is 24.6 Å². The van der Waals surface area contributed by atoms with Crippen LogP contribution in [0, 0.1) is 0 Å². The van der Waals surface area contributed by atoms with E-state index in [-0.39, 0.29) is 31.0 Å². The van der Waals surface area contributed by atoms with Crippen LogP contribution < -0.4 is 0 Å². The van der Waals surface area contributed by atoms with Crippen LogP contribution in [0.5, 0.6) is 0 Å². The number of hydrogen-bond donors (Lipinski definition) is 1.